The van der Waals surface area contributed by atoms with Gasteiger partial charge in [0.25, 0.3) is 0 Å². The van der Waals surface area contributed by atoms with Crippen LogP contribution in [0.15, 0.2) is 18.2 Å². The molecule has 88 valence electrons. The fraction of sp³-hybridized carbons (Fsp3) is 0.462. The van der Waals surface area contributed by atoms with Crippen molar-refractivity contribution in [3.05, 3.63) is 29.3 Å². The van der Waals surface area contributed by atoms with Crippen LogP contribution < -0.4 is 5.32 Å². The molecule has 0 radical (unpaired) electrons. The summed E-state index contributed by atoms with van der Waals surface area (Å²) >= 11 is 0. The second kappa shape index (κ2) is 5.54. The van der Waals surface area contributed by atoms with Gasteiger partial charge in [0.05, 0.1) is 0 Å². The Labute approximate surface area is 96.5 Å². The zero-order chi connectivity index (χ0) is 12.1. The van der Waals surface area contributed by atoms with E-state index in [0.717, 1.165) is 23.2 Å². The van der Waals surface area contributed by atoms with Gasteiger partial charge in [0, 0.05) is 5.69 Å². The van der Waals surface area contributed by atoms with Crippen molar-refractivity contribution in [2.75, 3.05) is 5.32 Å². The number of hydrogen-bond donors (Lipinski definition) is 2. The monoisotopic (exact) mass is 221 g/mol. The normalized spacial score (nSPS) is 12.2. The van der Waals surface area contributed by atoms with E-state index in [4.69, 9.17) is 5.11 Å². The molecular weight excluding hydrogens is 202 g/mol. The fourth-order valence-electron chi connectivity index (χ4n) is 1.63. The minimum Gasteiger partial charge on any atom is -0.480 e. The number of rotatable bonds is 5. The molecule has 0 unspecified atom stereocenters. The van der Waals surface area contributed by atoms with Gasteiger partial charge in [-0.3, -0.25) is 0 Å². The molecule has 0 aliphatic heterocycles. The summed E-state index contributed by atoms with van der Waals surface area (Å²) in [6.45, 7) is 5.97. The average molecular weight is 221 g/mol. The zero-order valence-corrected chi connectivity index (χ0v) is 10.1. The molecule has 0 amide bonds. The van der Waals surface area contributed by atoms with Gasteiger partial charge in [-0.1, -0.05) is 25.5 Å². The van der Waals surface area contributed by atoms with Crippen LogP contribution in [0.25, 0.3) is 0 Å². The molecule has 0 aliphatic carbocycles. The van der Waals surface area contributed by atoms with Crippen LogP contribution in [0.2, 0.25) is 0 Å². The third kappa shape index (κ3) is 3.26. The Kier molecular flexibility index (Phi) is 4.35. The van der Waals surface area contributed by atoms with Crippen molar-refractivity contribution in [1.82, 2.24) is 0 Å². The maximum absolute atomic E-state index is 11.0. The Hall–Kier alpha value is -1.51. The topological polar surface area (TPSA) is 49.3 Å². The number of carboxylic acids is 1. The highest BCUT2D eigenvalue weighted by Gasteiger charge is 2.16. The SMILES string of the molecule is CCC[C@@H](Nc1cc(C)ccc1C)C(=O)O. The number of carbonyl (C=O) groups is 1. The van der Waals surface area contributed by atoms with E-state index in [1.54, 1.807) is 0 Å². The summed E-state index contributed by atoms with van der Waals surface area (Å²) in [4.78, 5) is 11.0. The van der Waals surface area contributed by atoms with E-state index in [9.17, 15) is 4.79 Å². The van der Waals surface area contributed by atoms with E-state index in [2.05, 4.69) is 5.32 Å². The Morgan fingerprint density at radius 2 is 2.12 bits per heavy atom. The molecule has 0 saturated heterocycles. The smallest absolute Gasteiger partial charge is 0.326 e. The van der Waals surface area contributed by atoms with Crippen molar-refractivity contribution in [2.24, 2.45) is 0 Å². The Bertz CT molecular complexity index is 374. The summed E-state index contributed by atoms with van der Waals surface area (Å²) in [5.74, 6) is -0.789. The molecule has 0 heterocycles. The molecule has 1 aromatic carbocycles. The molecule has 3 nitrogen and oxygen atoms in total. The summed E-state index contributed by atoms with van der Waals surface area (Å²) < 4.78 is 0. The summed E-state index contributed by atoms with van der Waals surface area (Å²) in [5, 5.41) is 12.2. The number of aliphatic carboxylic acids is 1. The number of aryl methyl sites for hydroxylation is 2. The van der Waals surface area contributed by atoms with Gasteiger partial charge in [-0.05, 0) is 37.5 Å². The lowest BCUT2D eigenvalue weighted by Crippen LogP contribution is -2.29. The number of hydrogen-bond acceptors (Lipinski definition) is 2. The second-order valence-electron chi connectivity index (χ2n) is 4.14. The van der Waals surface area contributed by atoms with Gasteiger partial charge < -0.3 is 10.4 Å². The minimum absolute atomic E-state index is 0.495. The highest BCUT2D eigenvalue weighted by Crippen LogP contribution is 2.18. The van der Waals surface area contributed by atoms with E-state index in [1.165, 1.54) is 0 Å². The zero-order valence-electron chi connectivity index (χ0n) is 10.1. The van der Waals surface area contributed by atoms with Crippen LogP contribution in [0.5, 0.6) is 0 Å². The summed E-state index contributed by atoms with van der Waals surface area (Å²) in [6.07, 6.45) is 1.50. The Balaban J connectivity index is 2.84. The van der Waals surface area contributed by atoms with Crippen molar-refractivity contribution >= 4 is 11.7 Å². The highest BCUT2D eigenvalue weighted by molar-refractivity contribution is 5.77. The lowest BCUT2D eigenvalue weighted by Gasteiger charge is -2.17. The van der Waals surface area contributed by atoms with Gasteiger partial charge in [0.2, 0.25) is 0 Å². The van der Waals surface area contributed by atoms with E-state index in [-0.39, 0.29) is 0 Å². The molecule has 1 rings (SSSR count). The maximum atomic E-state index is 11.0. The lowest BCUT2D eigenvalue weighted by atomic mass is 10.1. The largest absolute Gasteiger partial charge is 0.480 e. The second-order valence-corrected chi connectivity index (χ2v) is 4.14. The third-order valence-electron chi connectivity index (χ3n) is 2.60. The third-order valence-corrected chi connectivity index (χ3v) is 2.60. The molecule has 0 fully saturated rings. The van der Waals surface area contributed by atoms with Crippen LogP contribution in [0.1, 0.15) is 30.9 Å². The summed E-state index contributed by atoms with van der Waals surface area (Å²) in [7, 11) is 0. The molecule has 0 aromatic heterocycles. The van der Waals surface area contributed by atoms with Gasteiger partial charge in [-0.25, -0.2) is 4.79 Å². The van der Waals surface area contributed by atoms with E-state index >= 15 is 0 Å². The molecule has 0 saturated carbocycles. The predicted octanol–water partition coefficient (Wildman–Crippen LogP) is 2.97. The Morgan fingerprint density at radius 1 is 1.44 bits per heavy atom. The average Bonchev–Trinajstić information content (AvgIpc) is 2.22. The van der Waals surface area contributed by atoms with E-state index < -0.39 is 12.0 Å². The lowest BCUT2D eigenvalue weighted by molar-refractivity contribution is -0.138. The molecule has 3 heteroatoms. The van der Waals surface area contributed by atoms with Crippen LogP contribution in [0.4, 0.5) is 5.69 Å². The summed E-state index contributed by atoms with van der Waals surface area (Å²) in [5.41, 5.74) is 3.13. The number of anilines is 1. The maximum Gasteiger partial charge on any atom is 0.326 e. The van der Waals surface area contributed by atoms with Gasteiger partial charge in [0.15, 0.2) is 0 Å². The fourth-order valence-corrected chi connectivity index (χ4v) is 1.63. The number of benzene rings is 1. The molecule has 1 aromatic rings. The van der Waals surface area contributed by atoms with Crippen LogP contribution in [-0.2, 0) is 4.79 Å². The van der Waals surface area contributed by atoms with E-state index in [1.807, 2.05) is 39.0 Å². The first-order valence-corrected chi connectivity index (χ1v) is 5.61. The van der Waals surface area contributed by atoms with Gasteiger partial charge >= 0.3 is 5.97 Å². The number of carboxylic acid groups (broad SMARTS) is 1. The molecule has 0 aliphatic rings. The van der Waals surface area contributed by atoms with Crippen molar-refractivity contribution in [1.29, 1.82) is 0 Å². The van der Waals surface area contributed by atoms with Crippen LogP contribution in [-0.4, -0.2) is 17.1 Å². The standard InChI is InChI=1S/C13H19NO2/c1-4-5-11(13(15)16)14-12-8-9(2)6-7-10(12)3/h6-8,11,14H,4-5H2,1-3H3,(H,15,16)/t11-/m1/s1. The first-order valence-electron chi connectivity index (χ1n) is 5.61. The molecule has 0 bridgehead atoms. The van der Waals surface area contributed by atoms with E-state index in [0.29, 0.717) is 6.42 Å². The van der Waals surface area contributed by atoms with Crippen molar-refractivity contribution < 1.29 is 9.90 Å². The van der Waals surface area contributed by atoms with Crippen LogP contribution in [0.3, 0.4) is 0 Å². The molecule has 2 N–H and O–H groups in total. The summed E-state index contributed by atoms with van der Waals surface area (Å²) in [6, 6.07) is 5.52. The van der Waals surface area contributed by atoms with Crippen molar-refractivity contribution in [3.63, 3.8) is 0 Å². The van der Waals surface area contributed by atoms with Gasteiger partial charge in [-0.15, -0.1) is 0 Å². The predicted molar refractivity (Wildman–Crippen MR) is 65.9 cm³/mol. The Morgan fingerprint density at radius 3 is 2.69 bits per heavy atom. The van der Waals surface area contributed by atoms with Gasteiger partial charge in [0.1, 0.15) is 6.04 Å². The number of nitrogens with one attached hydrogen (secondary N) is 1. The minimum atomic E-state index is -0.789. The molecule has 1 atom stereocenters. The first-order chi connectivity index (χ1) is 7.54. The van der Waals surface area contributed by atoms with Gasteiger partial charge in [-0.2, -0.15) is 0 Å². The van der Waals surface area contributed by atoms with Crippen LogP contribution >= 0.6 is 0 Å². The first kappa shape index (κ1) is 12.6. The molecule has 0 spiro atoms. The molecule has 16 heavy (non-hydrogen) atoms. The molecular formula is C13H19NO2. The van der Waals surface area contributed by atoms with Crippen LogP contribution in [0, 0.1) is 13.8 Å². The quantitative estimate of drug-likeness (QED) is 0.803. The highest BCUT2D eigenvalue weighted by atomic mass is 16.4. The van der Waals surface area contributed by atoms with Crippen molar-refractivity contribution in [2.45, 2.75) is 39.7 Å². The van der Waals surface area contributed by atoms with Crippen molar-refractivity contribution in [3.8, 4) is 0 Å².